The number of benzene rings is 1. The van der Waals surface area contributed by atoms with Gasteiger partial charge in [0, 0.05) is 37.1 Å². The predicted octanol–water partition coefficient (Wildman–Crippen LogP) is 2.38. The van der Waals surface area contributed by atoms with Gasteiger partial charge in [-0.25, -0.2) is 9.97 Å². The topological polar surface area (TPSA) is 103 Å². The summed E-state index contributed by atoms with van der Waals surface area (Å²) in [5, 5.41) is 6.18. The normalized spacial score (nSPS) is 13.2. The molecule has 0 bridgehead atoms. The van der Waals surface area contributed by atoms with Crippen LogP contribution >= 0.6 is 0 Å². The second kappa shape index (κ2) is 8.17. The van der Waals surface area contributed by atoms with Gasteiger partial charge in [-0.15, -0.1) is 0 Å². The van der Waals surface area contributed by atoms with Crippen molar-refractivity contribution < 1.29 is 14.3 Å². The summed E-state index contributed by atoms with van der Waals surface area (Å²) in [6, 6.07) is 7.39. The average molecular weight is 394 g/mol. The number of imidazole rings is 1. The monoisotopic (exact) mass is 394 g/mol. The number of nitrogens with one attached hydrogen (secondary N) is 2. The minimum atomic E-state index is -0.133. The molecule has 0 fully saturated rings. The van der Waals surface area contributed by atoms with Crippen LogP contribution < -0.4 is 20.1 Å². The van der Waals surface area contributed by atoms with Gasteiger partial charge in [0.15, 0.2) is 11.5 Å². The number of fused-ring (bicyclic) bond motifs is 1. The SMILES string of the molecule is Cc1cc(NCCC(=O)NC(C)c2ccc3c(c2)OCO3)nc(-n2ccnc2)n1. The Morgan fingerprint density at radius 2 is 2.10 bits per heavy atom. The van der Waals surface area contributed by atoms with Crippen molar-refractivity contribution in [2.75, 3.05) is 18.7 Å². The first-order valence-corrected chi connectivity index (χ1v) is 9.35. The Balaban J connectivity index is 1.30. The molecular formula is C20H22N6O3. The minimum Gasteiger partial charge on any atom is -0.454 e. The molecule has 1 aromatic carbocycles. The zero-order valence-electron chi connectivity index (χ0n) is 16.3. The first kappa shape index (κ1) is 18.7. The highest BCUT2D eigenvalue weighted by molar-refractivity contribution is 5.77. The van der Waals surface area contributed by atoms with Gasteiger partial charge >= 0.3 is 0 Å². The van der Waals surface area contributed by atoms with Crippen molar-refractivity contribution in [2.45, 2.75) is 26.3 Å². The van der Waals surface area contributed by atoms with Crippen LogP contribution in [0.1, 0.15) is 30.6 Å². The second-order valence-corrected chi connectivity index (χ2v) is 6.74. The number of hydrogen-bond acceptors (Lipinski definition) is 7. The molecule has 1 unspecified atom stereocenters. The highest BCUT2D eigenvalue weighted by atomic mass is 16.7. The number of ether oxygens (including phenoxy) is 2. The second-order valence-electron chi connectivity index (χ2n) is 6.74. The third kappa shape index (κ3) is 4.45. The van der Waals surface area contributed by atoms with E-state index < -0.39 is 0 Å². The molecule has 150 valence electrons. The van der Waals surface area contributed by atoms with Crippen molar-refractivity contribution in [2.24, 2.45) is 0 Å². The Kier molecular flexibility index (Phi) is 5.28. The Labute approximate surface area is 168 Å². The van der Waals surface area contributed by atoms with Crippen LogP contribution in [0.15, 0.2) is 43.0 Å². The average Bonchev–Trinajstić information content (AvgIpc) is 3.39. The quantitative estimate of drug-likeness (QED) is 0.634. The van der Waals surface area contributed by atoms with E-state index in [0.29, 0.717) is 30.5 Å². The smallest absolute Gasteiger partial charge is 0.237 e. The molecule has 0 spiro atoms. The molecule has 3 heterocycles. The summed E-state index contributed by atoms with van der Waals surface area (Å²) in [7, 11) is 0. The molecule has 0 saturated heterocycles. The van der Waals surface area contributed by atoms with Crippen LogP contribution in [0.3, 0.4) is 0 Å². The highest BCUT2D eigenvalue weighted by Gasteiger charge is 2.16. The number of aryl methyl sites for hydroxylation is 1. The highest BCUT2D eigenvalue weighted by Crippen LogP contribution is 2.34. The lowest BCUT2D eigenvalue weighted by Crippen LogP contribution is -2.28. The number of rotatable bonds is 7. The lowest BCUT2D eigenvalue weighted by Gasteiger charge is -2.15. The molecule has 1 atom stereocenters. The molecule has 0 saturated carbocycles. The molecule has 3 aromatic rings. The van der Waals surface area contributed by atoms with Gasteiger partial charge in [0.25, 0.3) is 0 Å². The predicted molar refractivity (Wildman–Crippen MR) is 106 cm³/mol. The molecule has 1 aliphatic heterocycles. The van der Waals surface area contributed by atoms with Crippen molar-refractivity contribution in [3.63, 3.8) is 0 Å². The van der Waals surface area contributed by atoms with E-state index in [0.717, 1.165) is 17.0 Å². The number of nitrogens with zero attached hydrogens (tertiary/aromatic N) is 4. The van der Waals surface area contributed by atoms with E-state index in [2.05, 4.69) is 25.6 Å². The first-order chi connectivity index (χ1) is 14.1. The fourth-order valence-corrected chi connectivity index (χ4v) is 3.02. The van der Waals surface area contributed by atoms with Gasteiger partial charge in [0.1, 0.15) is 12.1 Å². The molecule has 9 nitrogen and oxygen atoms in total. The standard InChI is InChI=1S/C20H22N6O3/c1-13-9-18(25-20(23-13)26-8-7-21-11-26)22-6-5-19(27)24-14(2)15-3-4-16-17(10-15)29-12-28-16/h3-4,7-11,14H,5-6,12H2,1-2H3,(H,24,27)(H,22,23,25). The number of amides is 1. The summed E-state index contributed by atoms with van der Waals surface area (Å²) in [5.41, 5.74) is 1.79. The number of carbonyl (C=O) groups excluding carboxylic acids is 1. The molecule has 4 rings (SSSR count). The van der Waals surface area contributed by atoms with Crippen LogP contribution in [-0.4, -0.2) is 38.8 Å². The first-order valence-electron chi connectivity index (χ1n) is 9.35. The van der Waals surface area contributed by atoms with E-state index >= 15 is 0 Å². The molecular weight excluding hydrogens is 372 g/mol. The number of aromatic nitrogens is 4. The van der Waals surface area contributed by atoms with Gasteiger partial charge in [-0.2, -0.15) is 4.98 Å². The Hall–Kier alpha value is -3.62. The zero-order chi connectivity index (χ0) is 20.2. The van der Waals surface area contributed by atoms with Gasteiger partial charge < -0.3 is 20.1 Å². The maximum Gasteiger partial charge on any atom is 0.237 e. The lowest BCUT2D eigenvalue weighted by molar-refractivity contribution is -0.121. The third-order valence-corrected chi connectivity index (χ3v) is 4.51. The van der Waals surface area contributed by atoms with Gasteiger partial charge in [-0.3, -0.25) is 9.36 Å². The maximum atomic E-state index is 12.3. The minimum absolute atomic E-state index is 0.0525. The fourth-order valence-electron chi connectivity index (χ4n) is 3.02. The number of carbonyl (C=O) groups is 1. The van der Waals surface area contributed by atoms with Crippen LogP contribution in [0.4, 0.5) is 5.82 Å². The Morgan fingerprint density at radius 1 is 1.24 bits per heavy atom. The van der Waals surface area contributed by atoms with Crippen molar-refractivity contribution in [1.29, 1.82) is 0 Å². The summed E-state index contributed by atoms with van der Waals surface area (Å²) in [4.78, 5) is 25.2. The number of hydrogen-bond donors (Lipinski definition) is 2. The van der Waals surface area contributed by atoms with E-state index in [1.807, 2.05) is 38.1 Å². The Bertz CT molecular complexity index is 1010. The largest absolute Gasteiger partial charge is 0.454 e. The van der Waals surface area contributed by atoms with E-state index in [9.17, 15) is 4.79 Å². The molecule has 0 aliphatic carbocycles. The van der Waals surface area contributed by atoms with Crippen molar-refractivity contribution in [3.05, 3.63) is 54.2 Å². The van der Waals surface area contributed by atoms with E-state index in [1.165, 1.54) is 0 Å². The molecule has 1 amide bonds. The van der Waals surface area contributed by atoms with Gasteiger partial charge in [-0.1, -0.05) is 6.07 Å². The van der Waals surface area contributed by atoms with E-state index in [1.54, 1.807) is 23.3 Å². The summed E-state index contributed by atoms with van der Waals surface area (Å²) in [6.07, 6.45) is 5.41. The van der Waals surface area contributed by atoms with Gasteiger partial charge in [-0.05, 0) is 31.5 Å². The Morgan fingerprint density at radius 3 is 2.93 bits per heavy atom. The van der Waals surface area contributed by atoms with Crippen LogP contribution in [0, 0.1) is 6.92 Å². The van der Waals surface area contributed by atoms with Gasteiger partial charge in [0.2, 0.25) is 18.6 Å². The van der Waals surface area contributed by atoms with Crippen LogP contribution in [0.2, 0.25) is 0 Å². The van der Waals surface area contributed by atoms with E-state index in [-0.39, 0.29) is 18.7 Å². The van der Waals surface area contributed by atoms with E-state index in [4.69, 9.17) is 9.47 Å². The summed E-state index contributed by atoms with van der Waals surface area (Å²) < 4.78 is 12.4. The summed E-state index contributed by atoms with van der Waals surface area (Å²) in [6.45, 7) is 4.52. The van der Waals surface area contributed by atoms with Crippen LogP contribution in [0.25, 0.3) is 5.95 Å². The van der Waals surface area contributed by atoms with Crippen molar-refractivity contribution in [1.82, 2.24) is 24.8 Å². The van der Waals surface area contributed by atoms with Crippen molar-refractivity contribution >= 4 is 11.7 Å². The zero-order valence-corrected chi connectivity index (χ0v) is 16.3. The summed E-state index contributed by atoms with van der Waals surface area (Å²) >= 11 is 0. The summed E-state index contributed by atoms with van der Waals surface area (Å²) in [5.74, 6) is 2.58. The van der Waals surface area contributed by atoms with Crippen LogP contribution in [0.5, 0.6) is 11.5 Å². The molecule has 2 N–H and O–H groups in total. The van der Waals surface area contributed by atoms with Gasteiger partial charge in [0.05, 0.1) is 6.04 Å². The maximum absolute atomic E-state index is 12.3. The lowest BCUT2D eigenvalue weighted by atomic mass is 10.1. The fraction of sp³-hybridized carbons (Fsp3) is 0.300. The van der Waals surface area contributed by atoms with Crippen molar-refractivity contribution in [3.8, 4) is 17.4 Å². The molecule has 0 radical (unpaired) electrons. The third-order valence-electron chi connectivity index (χ3n) is 4.51. The molecule has 9 heteroatoms. The molecule has 2 aromatic heterocycles. The molecule has 29 heavy (non-hydrogen) atoms. The molecule has 1 aliphatic rings. The number of anilines is 1. The van der Waals surface area contributed by atoms with Crippen LogP contribution in [-0.2, 0) is 4.79 Å².